The van der Waals surface area contributed by atoms with Gasteiger partial charge in [0.15, 0.2) is 11.6 Å². The number of aryl methyl sites for hydroxylation is 1. The molecule has 0 spiro atoms. The Hall–Kier alpha value is -1.70. The van der Waals surface area contributed by atoms with Gasteiger partial charge in [-0.3, -0.25) is 0 Å². The lowest BCUT2D eigenvalue weighted by Crippen LogP contribution is -2.30. The summed E-state index contributed by atoms with van der Waals surface area (Å²) in [7, 11) is 0. The number of fused-ring (bicyclic) bond motifs is 2. The van der Waals surface area contributed by atoms with E-state index in [1.807, 2.05) is 18.2 Å². The third kappa shape index (κ3) is 4.27. The molecule has 156 valence electrons. The molecule has 0 bridgehead atoms. The maximum atomic E-state index is 14.8. The summed E-state index contributed by atoms with van der Waals surface area (Å²) in [5.41, 5.74) is 1.65. The van der Waals surface area contributed by atoms with Crippen molar-refractivity contribution in [1.82, 2.24) is 0 Å². The molecular weight excluding hydrogens is 362 g/mol. The number of halogens is 2. The SMILES string of the molecule is C=CCCc1cc2ccc([C@@H]3CC[C@@H]4CC(CCC)CCC4C3)cc2c(F)c1F. The highest BCUT2D eigenvalue weighted by Gasteiger charge is 2.35. The summed E-state index contributed by atoms with van der Waals surface area (Å²) in [4.78, 5) is 0. The van der Waals surface area contributed by atoms with Crippen LogP contribution < -0.4 is 0 Å². The maximum Gasteiger partial charge on any atom is 0.166 e. The molecule has 0 aliphatic heterocycles. The molecule has 4 rings (SSSR count). The van der Waals surface area contributed by atoms with Gasteiger partial charge in [-0.15, -0.1) is 6.58 Å². The van der Waals surface area contributed by atoms with E-state index in [1.54, 1.807) is 6.08 Å². The van der Waals surface area contributed by atoms with Gasteiger partial charge in [-0.2, -0.15) is 0 Å². The summed E-state index contributed by atoms with van der Waals surface area (Å²) in [5.74, 6) is 1.77. The second-order valence-corrected chi connectivity index (χ2v) is 9.47. The van der Waals surface area contributed by atoms with Gasteiger partial charge in [0.1, 0.15) is 0 Å². The van der Waals surface area contributed by atoms with Gasteiger partial charge in [-0.25, -0.2) is 8.78 Å². The van der Waals surface area contributed by atoms with Gasteiger partial charge in [0.05, 0.1) is 0 Å². The molecule has 2 fully saturated rings. The molecule has 0 saturated heterocycles. The van der Waals surface area contributed by atoms with Gasteiger partial charge in [0.25, 0.3) is 0 Å². The Morgan fingerprint density at radius 3 is 2.59 bits per heavy atom. The maximum absolute atomic E-state index is 14.8. The van der Waals surface area contributed by atoms with Crippen LogP contribution in [0.3, 0.4) is 0 Å². The Kier molecular flexibility index (Phi) is 6.37. The van der Waals surface area contributed by atoms with Crippen molar-refractivity contribution >= 4 is 10.8 Å². The fourth-order valence-corrected chi connectivity index (χ4v) is 6.05. The third-order valence-electron chi connectivity index (χ3n) is 7.63. The fourth-order valence-electron chi connectivity index (χ4n) is 6.05. The van der Waals surface area contributed by atoms with Crippen LogP contribution >= 0.6 is 0 Å². The largest absolute Gasteiger partial charge is 0.203 e. The van der Waals surface area contributed by atoms with Crippen LogP contribution in [0.2, 0.25) is 0 Å². The van der Waals surface area contributed by atoms with E-state index in [4.69, 9.17) is 0 Å². The molecule has 29 heavy (non-hydrogen) atoms. The zero-order chi connectivity index (χ0) is 20.4. The Bertz CT molecular complexity index is 868. The first kappa shape index (κ1) is 20.6. The average molecular weight is 397 g/mol. The molecule has 0 N–H and O–H groups in total. The molecule has 2 aliphatic carbocycles. The first-order valence-electron chi connectivity index (χ1n) is 11.6. The Balaban J connectivity index is 1.53. The van der Waals surface area contributed by atoms with Crippen LogP contribution in [-0.2, 0) is 6.42 Å². The van der Waals surface area contributed by atoms with E-state index >= 15 is 0 Å². The van der Waals surface area contributed by atoms with Crippen LogP contribution in [0.4, 0.5) is 8.78 Å². The second-order valence-electron chi connectivity index (χ2n) is 9.47. The molecule has 2 heteroatoms. The van der Waals surface area contributed by atoms with Gasteiger partial charge in [-0.05, 0) is 97.3 Å². The monoisotopic (exact) mass is 396 g/mol. The van der Waals surface area contributed by atoms with Gasteiger partial charge in [0, 0.05) is 5.39 Å². The molecular formula is C27H34F2. The molecule has 0 nitrogen and oxygen atoms in total. The normalized spacial score (nSPS) is 27.0. The number of benzene rings is 2. The van der Waals surface area contributed by atoms with E-state index in [2.05, 4.69) is 19.6 Å². The van der Waals surface area contributed by atoms with Crippen LogP contribution in [0.5, 0.6) is 0 Å². The summed E-state index contributed by atoms with van der Waals surface area (Å²) in [6.45, 7) is 5.98. The zero-order valence-electron chi connectivity index (χ0n) is 17.7. The number of hydrogen-bond acceptors (Lipinski definition) is 0. The minimum absolute atomic E-state index is 0.441. The van der Waals surface area contributed by atoms with Gasteiger partial charge in [0.2, 0.25) is 0 Å². The molecule has 0 heterocycles. The predicted octanol–water partition coefficient (Wildman–Crippen LogP) is 8.34. The standard InChI is InChI=1S/C27H34F2/c1-3-5-7-24-16-23-13-12-22(17-25(23)27(29)26(24)28)21-11-10-19-14-18(6-4-2)8-9-20(19)15-21/h3,12-13,16-21H,1,4-11,14-15H2,2H3/t18?,19-,20?,21-/m1/s1. The van der Waals surface area contributed by atoms with E-state index < -0.39 is 11.6 Å². The predicted molar refractivity (Wildman–Crippen MR) is 118 cm³/mol. The molecule has 4 atom stereocenters. The summed E-state index contributed by atoms with van der Waals surface area (Å²) in [6.07, 6.45) is 13.4. The highest BCUT2D eigenvalue weighted by molar-refractivity contribution is 5.85. The van der Waals surface area contributed by atoms with Crippen LogP contribution in [0.25, 0.3) is 10.8 Å². The smallest absolute Gasteiger partial charge is 0.166 e. The number of rotatable bonds is 6. The van der Waals surface area contributed by atoms with Gasteiger partial charge >= 0.3 is 0 Å². The van der Waals surface area contributed by atoms with Crippen molar-refractivity contribution < 1.29 is 8.78 Å². The van der Waals surface area contributed by atoms with E-state index in [-0.39, 0.29) is 0 Å². The first-order chi connectivity index (χ1) is 14.1. The molecule has 2 aromatic rings. The van der Waals surface area contributed by atoms with E-state index in [0.717, 1.165) is 23.1 Å². The van der Waals surface area contributed by atoms with Crippen molar-refractivity contribution in [3.05, 3.63) is 59.7 Å². The summed E-state index contributed by atoms with van der Waals surface area (Å²) in [5, 5.41) is 1.25. The Labute approximate surface area is 174 Å². The van der Waals surface area contributed by atoms with Crippen molar-refractivity contribution in [2.75, 3.05) is 0 Å². The van der Waals surface area contributed by atoms with E-state index in [9.17, 15) is 8.78 Å². The quantitative estimate of drug-likeness (QED) is 0.430. The van der Waals surface area contributed by atoms with E-state index in [1.165, 1.54) is 56.9 Å². The minimum atomic E-state index is -0.686. The van der Waals surface area contributed by atoms with Gasteiger partial charge in [-0.1, -0.05) is 44.4 Å². The third-order valence-corrected chi connectivity index (χ3v) is 7.63. The highest BCUT2D eigenvalue weighted by atomic mass is 19.2. The minimum Gasteiger partial charge on any atom is -0.203 e. The van der Waals surface area contributed by atoms with Crippen molar-refractivity contribution in [1.29, 1.82) is 0 Å². The lowest BCUT2D eigenvalue weighted by Gasteiger charge is -2.42. The number of allylic oxidation sites excluding steroid dienone is 1. The van der Waals surface area contributed by atoms with Gasteiger partial charge < -0.3 is 0 Å². The molecule has 0 aromatic heterocycles. The molecule has 2 unspecified atom stereocenters. The van der Waals surface area contributed by atoms with Crippen LogP contribution in [0.1, 0.15) is 81.8 Å². The van der Waals surface area contributed by atoms with Crippen molar-refractivity contribution in [3.63, 3.8) is 0 Å². The topological polar surface area (TPSA) is 0 Å². The zero-order valence-corrected chi connectivity index (χ0v) is 17.7. The first-order valence-corrected chi connectivity index (χ1v) is 11.6. The Morgan fingerprint density at radius 2 is 1.79 bits per heavy atom. The van der Waals surface area contributed by atoms with Crippen molar-refractivity contribution in [2.45, 2.75) is 77.0 Å². The van der Waals surface area contributed by atoms with Crippen LogP contribution in [0.15, 0.2) is 36.9 Å². The Morgan fingerprint density at radius 1 is 1.00 bits per heavy atom. The summed E-state index contributed by atoms with van der Waals surface area (Å²) in [6, 6.07) is 7.89. The average Bonchev–Trinajstić information content (AvgIpc) is 2.75. The summed E-state index contributed by atoms with van der Waals surface area (Å²) >= 11 is 0. The van der Waals surface area contributed by atoms with Crippen molar-refractivity contribution in [3.8, 4) is 0 Å². The van der Waals surface area contributed by atoms with Crippen LogP contribution in [0, 0.1) is 29.4 Å². The molecule has 0 amide bonds. The highest BCUT2D eigenvalue weighted by Crippen LogP contribution is 2.48. The van der Waals surface area contributed by atoms with Crippen molar-refractivity contribution in [2.24, 2.45) is 17.8 Å². The molecule has 0 radical (unpaired) electrons. The molecule has 2 saturated carbocycles. The fraction of sp³-hybridized carbons (Fsp3) is 0.556. The summed E-state index contributed by atoms with van der Waals surface area (Å²) < 4.78 is 29.4. The molecule has 2 aromatic carbocycles. The molecule has 2 aliphatic rings. The number of hydrogen-bond donors (Lipinski definition) is 0. The lowest BCUT2D eigenvalue weighted by atomic mass is 9.63. The second kappa shape index (κ2) is 8.98. The lowest BCUT2D eigenvalue weighted by molar-refractivity contribution is 0.114. The van der Waals surface area contributed by atoms with E-state index in [0.29, 0.717) is 29.7 Å². The van der Waals surface area contributed by atoms with Crippen LogP contribution in [-0.4, -0.2) is 0 Å².